The van der Waals surface area contributed by atoms with Crippen LogP contribution in [0.2, 0.25) is 0 Å². The molecule has 0 unspecified atom stereocenters. The van der Waals surface area contributed by atoms with Gasteiger partial charge in [-0.1, -0.05) is 184 Å². The Labute approximate surface area is 528 Å². The van der Waals surface area contributed by atoms with Gasteiger partial charge in [0, 0.05) is 16.7 Å². The Kier molecular flexibility index (Phi) is 17.7. The third-order valence-corrected chi connectivity index (χ3v) is 20.8. The van der Waals surface area contributed by atoms with Crippen molar-refractivity contribution in [2.75, 3.05) is 0 Å². The first kappa shape index (κ1) is 59.0. The smallest absolute Gasteiger partial charge is 0.0813 e. The molecule has 6 nitrogen and oxygen atoms in total. The number of aliphatic imine (C=N–C) groups is 3. The molecule has 9 heteroatoms. The maximum Gasteiger partial charge on any atom is 0.0813 e. The van der Waals surface area contributed by atoms with Gasteiger partial charge in [-0.15, -0.1) is 34.0 Å². The number of fused-ring (bicyclic) bond motifs is 15. The van der Waals surface area contributed by atoms with Gasteiger partial charge < -0.3 is 15.0 Å². The minimum atomic E-state index is 0.925. The van der Waals surface area contributed by atoms with Crippen LogP contribution in [0.3, 0.4) is 0 Å². The molecule has 13 rings (SSSR count). The van der Waals surface area contributed by atoms with Crippen LogP contribution in [-0.2, 0) is 25.7 Å². The average Bonchev–Trinajstić information content (AvgIpc) is 1.93. The van der Waals surface area contributed by atoms with Crippen LogP contribution >= 0.6 is 34.0 Å². The fourth-order valence-corrected chi connectivity index (χ4v) is 16.3. The van der Waals surface area contributed by atoms with E-state index in [-0.39, 0.29) is 0 Å². The lowest BCUT2D eigenvalue weighted by molar-refractivity contribution is 0.780. The van der Waals surface area contributed by atoms with Crippen molar-refractivity contribution in [3.63, 3.8) is 0 Å². The van der Waals surface area contributed by atoms with Gasteiger partial charge >= 0.3 is 0 Å². The molecule has 0 fully saturated rings. The van der Waals surface area contributed by atoms with Crippen molar-refractivity contribution in [3.8, 4) is 0 Å². The number of unbranched alkanes of at least 4 members (excludes halogenated alkanes) is 1. The van der Waals surface area contributed by atoms with E-state index in [2.05, 4.69) is 221 Å². The van der Waals surface area contributed by atoms with Crippen molar-refractivity contribution in [3.05, 3.63) is 273 Å². The maximum atomic E-state index is 5.81. The normalized spacial score (nSPS) is 14.8. The highest BCUT2D eigenvalue weighted by Crippen LogP contribution is 2.33. The van der Waals surface area contributed by atoms with Crippen molar-refractivity contribution >= 4 is 85.0 Å². The van der Waals surface area contributed by atoms with Crippen molar-refractivity contribution in [1.29, 1.82) is 0 Å². The van der Waals surface area contributed by atoms with Gasteiger partial charge in [0.1, 0.15) is 0 Å². The lowest BCUT2D eigenvalue weighted by atomic mass is 9.91. The second kappa shape index (κ2) is 26.4. The molecular weight excluding hydrogens is 1130 g/mol. The van der Waals surface area contributed by atoms with E-state index in [4.69, 9.17) is 15.0 Å². The zero-order valence-corrected chi connectivity index (χ0v) is 54.6. The Morgan fingerprint density at radius 3 is 1.06 bits per heavy atom. The van der Waals surface area contributed by atoms with E-state index in [1.165, 1.54) is 94.6 Å². The van der Waals surface area contributed by atoms with Crippen LogP contribution in [0.15, 0.2) is 189 Å². The number of thiophene rings is 3. The third kappa shape index (κ3) is 11.5. The highest BCUT2D eigenvalue weighted by molar-refractivity contribution is 7.08. The van der Waals surface area contributed by atoms with E-state index >= 15 is 0 Å². The first-order valence-electron chi connectivity index (χ1n) is 32.6. The van der Waals surface area contributed by atoms with E-state index in [1.54, 1.807) is 0 Å². The van der Waals surface area contributed by atoms with Crippen LogP contribution in [0, 0.1) is 29.6 Å². The number of nitrogens with zero attached hydrogens (tertiary/aromatic N) is 3. The van der Waals surface area contributed by atoms with Crippen molar-refractivity contribution in [2.45, 2.75) is 145 Å². The lowest BCUT2D eigenvalue weighted by Crippen LogP contribution is -2.21. The van der Waals surface area contributed by atoms with Crippen LogP contribution in [0.1, 0.15) is 158 Å². The number of aromatic amines is 3. The van der Waals surface area contributed by atoms with E-state index in [9.17, 15) is 0 Å². The molecule has 18 bridgehead atoms. The van der Waals surface area contributed by atoms with Gasteiger partial charge in [-0.05, 0) is 174 Å². The van der Waals surface area contributed by atoms with Crippen LogP contribution in [-0.4, -0.2) is 32.1 Å². The molecule has 0 saturated heterocycles. The molecule has 0 saturated carbocycles. The zero-order chi connectivity index (χ0) is 60.3. The fraction of sp³-hybridized carbons (Fsp3) is 0.278. The number of benzene rings is 3. The molecule has 4 aliphatic rings. The summed E-state index contributed by atoms with van der Waals surface area (Å²) in [4.78, 5) is 29.8. The average molecular weight is 1210 g/mol. The molecule has 0 spiro atoms. The van der Waals surface area contributed by atoms with Crippen LogP contribution < -0.4 is 29.6 Å². The number of hydrogen-bond acceptors (Lipinski definition) is 6. The first-order chi connectivity index (χ1) is 43.3. The molecule has 0 atom stereocenters. The molecular formula is C79H80N6S3. The van der Waals surface area contributed by atoms with Crippen molar-refractivity contribution < 1.29 is 0 Å². The first-order valence-corrected chi connectivity index (χ1v) is 35.0. The van der Waals surface area contributed by atoms with Gasteiger partial charge in [-0.3, -0.25) is 0 Å². The molecule has 9 aromatic rings. The molecule has 0 amide bonds. The van der Waals surface area contributed by atoms with Gasteiger partial charge in [0.15, 0.2) is 0 Å². The number of H-pyrrole nitrogens is 3. The summed E-state index contributed by atoms with van der Waals surface area (Å²) in [5.41, 5.74) is 22.6. The van der Waals surface area contributed by atoms with Crippen LogP contribution in [0.5, 0.6) is 0 Å². The molecule has 3 N–H and O–H groups in total. The van der Waals surface area contributed by atoms with Crippen LogP contribution in [0.25, 0.3) is 33.8 Å². The van der Waals surface area contributed by atoms with Gasteiger partial charge in [0.05, 0.1) is 93.5 Å². The van der Waals surface area contributed by atoms with Gasteiger partial charge in [0.25, 0.3) is 0 Å². The predicted octanol–water partition coefficient (Wildman–Crippen LogP) is 15.8. The summed E-state index contributed by atoms with van der Waals surface area (Å²) in [6.07, 6.45) is 22.1. The molecule has 444 valence electrons. The standard InChI is InChI=1S/C79H80N6S3/c1-8-15-37-58-57(30-14-7)79-72(51-35-23-18-24-36-51)77-56(29-13-6)48-62(84-77)67-41-40-66(87-67)61-45-53(26-10-3)74(81-61)70(49-31-19-16-20-32-49)73-52(25-9-2)44-59(80-73)64-38-39-65(86-64)60-46-54(27-11-4)75(82-60)71(50-33-21-17-22-34-50)76-55(28-12-5)47-63(83-76)68-42-43-69(88-68)78(58)85-79/h16-24,31-36,38-48,81-82,85H,8-15,25-30,37H2,1-7H3. The van der Waals surface area contributed by atoms with Gasteiger partial charge in [0.2, 0.25) is 0 Å². The SMILES string of the molecule is CCCCc1c(CCC)c2[nH]c1=c1ccc(s1)=C1C=C(CCC)C(=N1)C(c1ccccc1)=c1[nH]c(cc1CCC)=c1ccc(s1)=C1C=C(CCC)C(=N1)C(c1ccccc1)=c1[nH]c(cc1CCC)=c1ccc(s1)=C1C=C(CCC)C(=N1)C=2c1ccccc1. The van der Waals surface area contributed by atoms with Crippen molar-refractivity contribution in [2.24, 2.45) is 15.0 Å². The molecule has 88 heavy (non-hydrogen) atoms. The number of aryl methyl sites for hydroxylation is 2. The number of aromatic nitrogens is 3. The highest BCUT2D eigenvalue weighted by Gasteiger charge is 2.27. The highest BCUT2D eigenvalue weighted by atomic mass is 32.1. The quantitative estimate of drug-likeness (QED) is 0.0765. The Hall–Kier alpha value is -7.95. The summed E-state index contributed by atoms with van der Waals surface area (Å²) in [5, 5.41) is 6.99. The molecule has 0 aliphatic carbocycles. The van der Waals surface area contributed by atoms with Gasteiger partial charge in [-0.25, -0.2) is 15.0 Å². The number of hydrogen-bond donors (Lipinski definition) is 3. The summed E-state index contributed by atoms with van der Waals surface area (Å²) in [6.45, 7) is 16.1. The Bertz CT molecular complexity index is 5070. The summed E-state index contributed by atoms with van der Waals surface area (Å²) < 4.78 is 7.15. The second-order valence-electron chi connectivity index (χ2n) is 23.9. The van der Waals surface area contributed by atoms with E-state index < -0.39 is 0 Å². The summed E-state index contributed by atoms with van der Waals surface area (Å²) in [5.74, 6) is 0. The second-order valence-corrected chi connectivity index (χ2v) is 27.1. The summed E-state index contributed by atoms with van der Waals surface area (Å²) in [6, 6.07) is 51.8. The summed E-state index contributed by atoms with van der Waals surface area (Å²) in [7, 11) is 0. The fourth-order valence-electron chi connectivity index (χ4n) is 13.4. The molecule has 6 aromatic heterocycles. The third-order valence-electron chi connectivity index (χ3n) is 17.4. The Morgan fingerprint density at radius 2 is 0.670 bits per heavy atom. The Morgan fingerprint density at radius 1 is 0.318 bits per heavy atom. The van der Waals surface area contributed by atoms with Crippen molar-refractivity contribution in [1.82, 2.24) is 15.0 Å². The van der Waals surface area contributed by atoms with E-state index in [1.807, 2.05) is 34.0 Å². The number of rotatable bonds is 18. The van der Waals surface area contributed by atoms with Gasteiger partial charge in [-0.2, -0.15) is 0 Å². The minimum absolute atomic E-state index is 0.925. The number of allylic oxidation sites excluding steroid dienone is 3. The molecule has 10 heterocycles. The molecule has 3 aromatic carbocycles. The maximum absolute atomic E-state index is 5.81. The topological polar surface area (TPSA) is 84.5 Å². The number of nitrogens with one attached hydrogen (secondary N) is 3. The van der Waals surface area contributed by atoms with E-state index in [0.29, 0.717) is 0 Å². The lowest BCUT2D eigenvalue weighted by Gasteiger charge is -2.12. The minimum Gasteiger partial charge on any atom is -0.354 e. The molecule has 4 aliphatic heterocycles. The predicted molar refractivity (Wildman–Crippen MR) is 375 cm³/mol. The van der Waals surface area contributed by atoms with Crippen LogP contribution in [0.4, 0.5) is 0 Å². The van der Waals surface area contributed by atoms with E-state index in [0.717, 1.165) is 168 Å². The summed E-state index contributed by atoms with van der Waals surface area (Å²) >= 11 is 5.53. The Balaban J connectivity index is 1.20. The zero-order valence-electron chi connectivity index (χ0n) is 52.2. The molecule has 0 radical (unpaired) electrons. The largest absolute Gasteiger partial charge is 0.354 e. The monoisotopic (exact) mass is 1210 g/mol.